The van der Waals surface area contributed by atoms with Crippen LogP contribution in [-0.2, 0) is 22.4 Å². The number of anilines is 1. The molecule has 216 valence electrons. The summed E-state index contributed by atoms with van der Waals surface area (Å²) in [6.07, 6.45) is 0.580. The average molecular weight is 580 g/mol. The van der Waals surface area contributed by atoms with Gasteiger partial charge in [0, 0.05) is 23.4 Å². The van der Waals surface area contributed by atoms with Crippen molar-refractivity contribution in [2.45, 2.75) is 72.5 Å². The predicted octanol–water partition coefficient (Wildman–Crippen LogP) is 7.54. The minimum Gasteiger partial charge on any atom is -0.490 e. The zero-order valence-corrected chi connectivity index (χ0v) is 25.0. The highest BCUT2D eigenvalue weighted by Gasteiger charge is 2.37. The van der Waals surface area contributed by atoms with Crippen molar-refractivity contribution in [1.82, 2.24) is 0 Å². The first-order chi connectivity index (χ1) is 19.3. The van der Waals surface area contributed by atoms with Crippen molar-refractivity contribution in [3.63, 3.8) is 0 Å². The van der Waals surface area contributed by atoms with Gasteiger partial charge in [-0.3, -0.25) is 4.79 Å². The molecule has 1 atom stereocenters. The van der Waals surface area contributed by atoms with Crippen LogP contribution in [0.1, 0.15) is 77.0 Å². The van der Waals surface area contributed by atoms with E-state index in [2.05, 4.69) is 0 Å². The fourth-order valence-corrected chi connectivity index (χ4v) is 6.22. The minimum absolute atomic E-state index is 0.238. The Morgan fingerprint density at radius 3 is 2.51 bits per heavy atom. The number of hydrogen-bond acceptors (Lipinski definition) is 4. The summed E-state index contributed by atoms with van der Waals surface area (Å²) in [5.74, 6) is -1.60. The van der Waals surface area contributed by atoms with Crippen molar-refractivity contribution < 1.29 is 28.6 Å². The van der Waals surface area contributed by atoms with Crippen LogP contribution in [0, 0.1) is 26.6 Å². The van der Waals surface area contributed by atoms with Crippen LogP contribution in [0.5, 0.6) is 5.75 Å². The topological polar surface area (TPSA) is 76.1 Å². The Balaban J connectivity index is 1.78. The number of rotatable bonds is 5. The number of ether oxygens (including phenoxy) is 2. The molecule has 1 amide bonds. The van der Waals surface area contributed by atoms with Crippen molar-refractivity contribution in [2.24, 2.45) is 0 Å². The molecule has 0 fully saturated rings. The van der Waals surface area contributed by atoms with E-state index in [1.54, 1.807) is 37.8 Å². The molecule has 2 aliphatic heterocycles. The molecule has 3 aromatic carbocycles. The van der Waals surface area contributed by atoms with E-state index in [1.165, 1.54) is 6.07 Å². The van der Waals surface area contributed by atoms with Crippen LogP contribution in [0.15, 0.2) is 30.3 Å². The normalized spacial score (nSPS) is 15.3. The summed E-state index contributed by atoms with van der Waals surface area (Å²) < 4.78 is 27.4. The largest absolute Gasteiger partial charge is 0.490 e. The molecule has 0 bridgehead atoms. The molecule has 0 saturated heterocycles. The van der Waals surface area contributed by atoms with Crippen LogP contribution in [0.25, 0.3) is 11.1 Å². The number of halogens is 2. The van der Waals surface area contributed by atoms with E-state index >= 15 is 4.39 Å². The Morgan fingerprint density at radius 2 is 1.83 bits per heavy atom. The van der Waals surface area contributed by atoms with Gasteiger partial charge in [0.05, 0.1) is 22.8 Å². The smallest absolute Gasteiger partial charge is 0.337 e. The first kappa shape index (κ1) is 29.1. The summed E-state index contributed by atoms with van der Waals surface area (Å²) >= 11 is 6.54. The molecular formula is C33H35ClFNO5. The molecule has 8 heteroatoms. The Kier molecular flexibility index (Phi) is 7.64. The average Bonchev–Trinajstić information content (AvgIpc) is 3.33. The number of hydrogen-bond donors (Lipinski definition) is 1. The molecule has 2 heterocycles. The lowest BCUT2D eigenvalue weighted by atomic mass is 9.83. The Labute approximate surface area is 245 Å². The zero-order valence-electron chi connectivity index (χ0n) is 24.3. The van der Waals surface area contributed by atoms with E-state index in [9.17, 15) is 14.7 Å². The van der Waals surface area contributed by atoms with Crippen LogP contribution in [0.3, 0.4) is 0 Å². The van der Waals surface area contributed by atoms with Crippen LogP contribution in [0.4, 0.5) is 10.1 Å². The van der Waals surface area contributed by atoms with Gasteiger partial charge in [0.1, 0.15) is 0 Å². The number of fused-ring (bicyclic) bond motifs is 2. The number of aliphatic carboxylic acids is 1. The molecular weight excluding hydrogens is 545 g/mol. The van der Waals surface area contributed by atoms with E-state index in [0.29, 0.717) is 64.5 Å². The molecule has 0 saturated carbocycles. The third-order valence-corrected chi connectivity index (χ3v) is 8.37. The van der Waals surface area contributed by atoms with Crippen LogP contribution in [-0.4, -0.2) is 35.7 Å². The first-order valence-electron chi connectivity index (χ1n) is 13.9. The van der Waals surface area contributed by atoms with Gasteiger partial charge >= 0.3 is 5.97 Å². The number of aryl methyl sites for hydroxylation is 2. The standard InChI is InChI=1S/C33H35ClFNO5/c1-17-9-7-10-22(28(17)34)31(37)36-13-12-21-25(36)15-18(2)26(30(32(38)39)41-33(4,5)6)27(21)23-16-24(35)29-20(19(23)3)11-8-14-40-29/h7,9-10,15-16,30H,8,11-14H2,1-6H3,(H,38,39)/t30-/m0/s1. The van der Waals surface area contributed by atoms with Crippen LogP contribution in [0.2, 0.25) is 5.02 Å². The maximum atomic E-state index is 15.6. The van der Waals surface area contributed by atoms with E-state index in [4.69, 9.17) is 21.1 Å². The van der Waals surface area contributed by atoms with E-state index in [-0.39, 0.29) is 11.7 Å². The predicted molar refractivity (Wildman–Crippen MR) is 158 cm³/mol. The first-order valence-corrected chi connectivity index (χ1v) is 14.3. The lowest BCUT2D eigenvalue weighted by molar-refractivity contribution is -0.160. The molecule has 0 unspecified atom stereocenters. The van der Waals surface area contributed by atoms with Crippen molar-refractivity contribution >= 4 is 29.2 Å². The van der Waals surface area contributed by atoms with Gasteiger partial charge in [-0.2, -0.15) is 0 Å². The number of nitrogens with zero attached hydrogens (tertiary/aromatic N) is 1. The van der Waals surface area contributed by atoms with E-state index in [1.807, 2.05) is 32.9 Å². The van der Waals surface area contributed by atoms with Gasteiger partial charge < -0.3 is 19.5 Å². The second-order valence-electron chi connectivity index (χ2n) is 11.9. The number of amides is 1. The quantitative estimate of drug-likeness (QED) is 0.338. The van der Waals surface area contributed by atoms with Crippen molar-refractivity contribution in [2.75, 3.05) is 18.1 Å². The Bertz CT molecular complexity index is 1580. The highest BCUT2D eigenvalue weighted by atomic mass is 35.5. The Hall–Kier alpha value is -3.42. The molecule has 41 heavy (non-hydrogen) atoms. The van der Waals surface area contributed by atoms with Gasteiger partial charge in [-0.1, -0.05) is 23.7 Å². The molecule has 0 aromatic heterocycles. The van der Waals surface area contributed by atoms with Crippen molar-refractivity contribution in [1.29, 1.82) is 0 Å². The van der Waals surface area contributed by atoms with Gasteiger partial charge in [-0.05, 0) is 112 Å². The highest BCUT2D eigenvalue weighted by molar-refractivity contribution is 6.35. The summed E-state index contributed by atoms with van der Waals surface area (Å²) in [7, 11) is 0. The fourth-order valence-electron chi connectivity index (χ4n) is 6.01. The van der Waals surface area contributed by atoms with E-state index in [0.717, 1.165) is 28.7 Å². The molecule has 2 aliphatic rings. The number of carbonyl (C=O) groups excluding carboxylic acids is 1. The number of benzene rings is 3. The summed E-state index contributed by atoms with van der Waals surface area (Å²) in [5.41, 5.74) is 5.80. The molecule has 5 rings (SSSR count). The monoisotopic (exact) mass is 579 g/mol. The van der Waals surface area contributed by atoms with Crippen LogP contribution >= 0.6 is 11.6 Å². The summed E-state index contributed by atoms with van der Waals surface area (Å²) in [4.78, 5) is 28.2. The maximum Gasteiger partial charge on any atom is 0.337 e. The molecule has 1 N–H and O–H groups in total. The van der Waals surface area contributed by atoms with Gasteiger partial charge in [0.15, 0.2) is 17.7 Å². The van der Waals surface area contributed by atoms with Crippen molar-refractivity contribution in [3.05, 3.63) is 80.1 Å². The third-order valence-electron chi connectivity index (χ3n) is 7.87. The molecule has 3 aromatic rings. The lowest BCUT2D eigenvalue weighted by Crippen LogP contribution is -2.30. The van der Waals surface area contributed by atoms with Crippen LogP contribution < -0.4 is 9.64 Å². The van der Waals surface area contributed by atoms with Gasteiger partial charge in [-0.15, -0.1) is 0 Å². The molecule has 6 nitrogen and oxygen atoms in total. The molecule has 0 radical (unpaired) electrons. The zero-order chi connectivity index (χ0) is 29.8. The van der Waals surface area contributed by atoms with E-state index < -0.39 is 23.5 Å². The van der Waals surface area contributed by atoms with Gasteiger partial charge in [-0.25, -0.2) is 9.18 Å². The summed E-state index contributed by atoms with van der Waals surface area (Å²) in [6.45, 7) is 11.8. The SMILES string of the molecule is Cc1cccc(C(=O)N2CCc3c2cc(C)c([C@H](OC(C)(C)C)C(=O)O)c3-c2cc(F)c3c(c2C)CCCO3)c1Cl. The number of carboxylic acids is 1. The molecule has 0 aliphatic carbocycles. The lowest BCUT2D eigenvalue weighted by Gasteiger charge is -2.30. The number of carboxylic acid groups (broad SMARTS) is 1. The third kappa shape index (κ3) is 5.22. The van der Waals surface area contributed by atoms with Gasteiger partial charge in [0.25, 0.3) is 5.91 Å². The fraction of sp³-hybridized carbons (Fsp3) is 0.394. The van der Waals surface area contributed by atoms with Crippen molar-refractivity contribution in [3.8, 4) is 16.9 Å². The second-order valence-corrected chi connectivity index (χ2v) is 12.2. The highest BCUT2D eigenvalue weighted by Crippen LogP contribution is 2.48. The molecule has 0 spiro atoms. The minimum atomic E-state index is -1.30. The summed E-state index contributed by atoms with van der Waals surface area (Å²) in [5, 5.41) is 10.8. The van der Waals surface area contributed by atoms with Gasteiger partial charge in [0.2, 0.25) is 0 Å². The summed E-state index contributed by atoms with van der Waals surface area (Å²) in [6, 6.07) is 8.64. The second kappa shape index (κ2) is 10.8. The Morgan fingerprint density at radius 1 is 1.10 bits per heavy atom. The maximum absolute atomic E-state index is 15.6. The number of carbonyl (C=O) groups is 2.